The Kier molecular flexibility index (Phi) is 6.74. The van der Waals surface area contributed by atoms with Crippen molar-refractivity contribution in [2.24, 2.45) is 0 Å². The molecule has 0 rings (SSSR count). The smallest absolute Gasteiger partial charge is 0.307 e. The fraction of sp³-hybridized carbons (Fsp3) is 0.778. The van der Waals surface area contributed by atoms with Gasteiger partial charge in [0, 0.05) is 12.8 Å². The van der Waals surface area contributed by atoms with Crippen molar-refractivity contribution in [1.82, 2.24) is 5.32 Å². The lowest BCUT2D eigenvalue weighted by atomic mass is 10.2. The number of carbonyl (C=O) groups excluding carboxylic acids is 1. The number of aliphatic carboxylic acids is 1. The second-order valence-corrected chi connectivity index (χ2v) is 3.02. The van der Waals surface area contributed by atoms with E-state index in [1.807, 2.05) is 0 Å². The van der Waals surface area contributed by atoms with Gasteiger partial charge in [0.2, 0.25) is 0 Å². The van der Waals surface area contributed by atoms with Gasteiger partial charge in [-0.05, 0) is 26.8 Å². The molecule has 5 heteroatoms. The molecule has 0 aromatic heterocycles. The molecule has 0 aliphatic carbocycles. The van der Waals surface area contributed by atoms with Crippen LogP contribution in [0.3, 0.4) is 0 Å². The van der Waals surface area contributed by atoms with Crippen LogP contribution in [0.25, 0.3) is 0 Å². The molecule has 0 aromatic rings. The van der Waals surface area contributed by atoms with Gasteiger partial charge < -0.3 is 9.84 Å². The molecule has 1 unspecified atom stereocenters. The van der Waals surface area contributed by atoms with E-state index in [4.69, 9.17) is 9.84 Å². The van der Waals surface area contributed by atoms with Crippen molar-refractivity contribution in [3.8, 4) is 0 Å². The highest BCUT2D eigenvalue weighted by Gasteiger charge is 2.07. The van der Waals surface area contributed by atoms with Gasteiger partial charge in [0.1, 0.15) is 6.23 Å². The van der Waals surface area contributed by atoms with Crippen LogP contribution in [0.4, 0.5) is 0 Å². The lowest BCUT2D eigenvalue weighted by molar-refractivity contribution is -0.149. The maximum atomic E-state index is 11.0. The minimum Gasteiger partial charge on any atom is -0.481 e. The van der Waals surface area contributed by atoms with Crippen LogP contribution in [0, 0.1) is 0 Å². The number of hydrogen-bond donors (Lipinski definition) is 2. The van der Waals surface area contributed by atoms with E-state index in [-0.39, 0.29) is 25.0 Å². The van der Waals surface area contributed by atoms with Crippen molar-refractivity contribution >= 4 is 11.9 Å². The third kappa shape index (κ3) is 7.54. The number of nitrogens with one attached hydrogen (secondary N) is 1. The minimum absolute atomic E-state index is 0.106. The van der Waals surface area contributed by atoms with Crippen LogP contribution in [0.1, 0.15) is 32.6 Å². The molecule has 0 bridgehead atoms. The average Bonchev–Trinajstić information content (AvgIpc) is 2.12. The quantitative estimate of drug-likeness (QED) is 0.362. The average molecular weight is 203 g/mol. The van der Waals surface area contributed by atoms with Gasteiger partial charge in [-0.3, -0.25) is 14.9 Å². The van der Waals surface area contributed by atoms with Gasteiger partial charge in [-0.15, -0.1) is 0 Å². The van der Waals surface area contributed by atoms with Crippen molar-refractivity contribution < 1.29 is 19.4 Å². The maximum Gasteiger partial charge on any atom is 0.307 e. The summed E-state index contributed by atoms with van der Waals surface area (Å²) in [6.45, 7) is 1.73. The maximum absolute atomic E-state index is 11.0. The topological polar surface area (TPSA) is 75.6 Å². The molecule has 0 fully saturated rings. The van der Waals surface area contributed by atoms with E-state index < -0.39 is 5.97 Å². The molecule has 0 radical (unpaired) electrons. The third-order valence-electron chi connectivity index (χ3n) is 1.74. The zero-order chi connectivity index (χ0) is 11.0. The highest BCUT2D eigenvalue weighted by molar-refractivity contribution is 5.69. The number of rotatable bonds is 7. The van der Waals surface area contributed by atoms with Crippen molar-refractivity contribution in [3.05, 3.63) is 0 Å². The van der Waals surface area contributed by atoms with Crippen LogP contribution in [0.5, 0.6) is 0 Å². The molecule has 0 spiro atoms. The summed E-state index contributed by atoms with van der Waals surface area (Å²) in [7, 11) is 1.70. The molecule has 0 aliphatic heterocycles. The number of esters is 1. The Morgan fingerprint density at radius 2 is 1.93 bits per heavy atom. The Balaban J connectivity index is 3.40. The molecule has 0 heterocycles. The Morgan fingerprint density at radius 1 is 1.36 bits per heavy atom. The molecule has 2 N–H and O–H groups in total. The second-order valence-electron chi connectivity index (χ2n) is 3.02. The van der Waals surface area contributed by atoms with Crippen molar-refractivity contribution in [3.63, 3.8) is 0 Å². The fourth-order valence-electron chi connectivity index (χ4n) is 0.861. The lowest BCUT2D eigenvalue weighted by Gasteiger charge is -2.11. The number of unbranched alkanes of at least 4 members (excludes halogenated alkanes) is 1. The summed E-state index contributed by atoms with van der Waals surface area (Å²) in [5, 5.41) is 11.1. The summed E-state index contributed by atoms with van der Waals surface area (Å²) in [4.78, 5) is 21.2. The summed E-state index contributed by atoms with van der Waals surface area (Å²) in [5.74, 6) is -1.13. The SMILES string of the molecule is CNC(C)OC(=O)CCCCC(=O)O. The second kappa shape index (κ2) is 7.32. The van der Waals surface area contributed by atoms with Gasteiger partial charge in [-0.1, -0.05) is 0 Å². The first-order valence-electron chi connectivity index (χ1n) is 4.64. The first-order valence-corrected chi connectivity index (χ1v) is 4.64. The predicted molar refractivity (Wildman–Crippen MR) is 50.7 cm³/mol. The Labute approximate surface area is 83.4 Å². The van der Waals surface area contributed by atoms with Gasteiger partial charge >= 0.3 is 11.9 Å². The molecular formula is C9H17NO4. The van der Waals surface area contributed by atoms with Crippen LogP contribution >= 0.6 is 0 Å². The van der Waals surface area contributed by atoms with Gasteiger partial charge in [0.15, 0.2) is 0 Å². The molecule has 5 nitrogen and oxygen atoms in total. The summed E-state index contributed by atoms with van der Waals surface area (Å²) in [6.07, 6.45) is 1.16. The van der Waals surface area contributed by atoms with Crippen molar-refractivity contribution in [2.75, 3.05) is 7.05 Å². The predicted octanol–water partition coefficient (Wildman–Crippen LogP) is 0.740. The lowest BCUT2D eigenvalue weighted by Crippen LogP contribution is -2.27. The molecule has 0 aromatic carbocycles. The van der Waals surface area contributed by atoms with Crippen LogP contribution in [-0.4, -0.2) is 30.3 Å². The van der Waals surface area contributed by atoms with Gasteiger partial charge in [-0.25, -0.2) is 0 Å². The molecule has 0 saturated carbocycles. The van der Waals surface area contributed by atoms with Crippen LogP contribution in [0.2, 0.25) is 0 Å². The van der Waals surface area contributed by atoms with Gasteiger partial charge in [-0.2, -0.15) is 0 Å². The third-order valence-corrected chi connectivity index (χ3v) is 1.74. The monoisotopic (exact) mass is 203 g/mol. The van der Waals surface area contributed by atoms with Crippen LogP contribution in [-0.2, 0) is 14.3 Å². The number of ether oxygens (including phenoxy) is 1. The fourth-order valence-corrected chi connectivity index (χ4v) is 0.861. The molecule has 1 atom stereocenters. The number of carboxylic acid groups (broad SMARTS) is 1. The molecule has 0 amide bonds. The minimum atomic E-state index is -0.832. The van der Waals surface area contributed by atoms with Gasteiger partial charge in [0.05, 0.1) is 0 Å². The highest BCUT2D eigenvalue weighted by Crippen LogP contribution is 2.02. The first kappa shape index (κ1) is 12.9. The highest BCUT2D eigenvalue weighted by atomic mass is 16.6. The van der Waals surface area contributed by atoms with Crippen LogP contribution in [0.15, 0.2) is 0 Å². The largest absolute Gasteiger partial charge is 0.481 e. The van der Waals surface area contributed by atoms with Gasteiger partial charge in [0.25, 0.3) is 0 Å². The van der Waals surface area contributed by atoms with Crippen LogP contribution < -0.4 is 5.32 Å². The molecule has 82 valence electrons. The first-order chi connectivity index (χ1) is 6.56. The number of carbonyl (C=O) groups is 2. The number of carboxylic acids is 1. The summed E-state index contributed by atoms with van der Waals surface area (Å²) in [6, 6.07) is 0. The van der Waals surface area contributed by atoms with E-state index in [0.29, 0.717) is 12.8 Å². The standard InChI is InChI=1S/C9H17NO4/c1-7(10-2)14-9(13)6-4-3-5-8(11)12/h7,10H,3-6H2,1-2H3,(H,11,12). The zero-order valence-electron chi connectivity index (χ0n) is 8.58. The van der Waals surface area contributed by atoms with E-state index in [0.717, 1.165) is 0 Å². The molecule has 0 saturated heterocycles. The Bertz CT molecular complexity index is 193. The van der Waals surface area contributed by atoms with E-state index in [1.165, 1.54) is 0 Å². The van der Waals surface area contributed by atoms with E-state index in [2.05, 4.69) is 5.32 Å². The normalized spacial score (nSPS) is 12.1. The summed E-state index contributed by atoms with van der Waals surface area (Å²) in [5.41, 5.74) is 0. The molecular weight excluding hydrogens is 186 g/mol. The Morgan fingerprint density at radius 3 is 2.43 bits per heavy atom. The molecule has 0 aliphatic rings. The number of hydrogen-bond acceptors (Lipinski definition) is 4. The van der Waals surface area contributed by atoms with E-state index >= 15 is 0 Å². The van der Waals surface area contributed by atoms with Crippen molar-refractivity contribution in [1.29, 1.82) is 0 Å². The Hall–Kier alpha value is -1.10. The van der Waals surface area contributed by atoms with Crippen molar-refractivity contribution in [2.45, 2.75) is 38.8 Å². The summed E-state index contributed by atoms with van der Waals surface area (Å²) < 4.78 is 4.91. The van der Waals surface area contributed by atoms with E-state index in [1.54, 1.807) is 14.0 Å². The molecule has 14 heavy (non-hydrogen) atoms. The summed E-state index contributed by atoms with van der Waals surface area (Å²) >= 11 is 0. The van der Waals surface area contributed by atoms with E-state index in [9.17, 15) is 9.59 Å². The zero-order valence-corrected chi connectivity index (χ0v) is 8.58.